The number of amides is 4. The number of benzene rings is 2. The highest BCUT2D eigenvalue weighted by atomic mass is 35.5. The van der Waals surface area contributed by atoms with Crippen LogP contribution in [-0.4, -0.2) is 57.3 Å². The maximum atomic E-state index is 13.3. The van der Waals surface area contributed by atoms with E-state index in [0.717, 1.165) is 47.5 Å². The number of nitrogens with one attached hydrogen (secondary N) is 3. The normalized spacial score (nSPS) is 15.8. The quantitative estimate of drug-likeness (QED) is 0.204. The van der Waals surface area contributed by atoms with Crippen molar-refractivity contribution in [2.75, 3.05) is 41.7 Å². The molecule has 3 aromatic rings. The van der Waals surface area contributed by atoms with Crippen molar-refractivity contribution in [2.45, 2.75) is 36.3 Å². The van der Waals surface area contributed by atoms with Gasteiger partial charge in [-0.15, -0.1) is 11.3 Å². The van der Waals surface area contributed by atoms with Crippen LogP contribution in [0.5, 0.6) is 0 Å². The van der Waals surface area contributed by atoms with Crippen LogP contribution in [-0.2, 0) is 21.2 Å². The molecule has 5 rings (SSSR count). The fourth-order valence-corrected chi connectivity index (χ4v) is 7.78. The average molecular weight is 651 g/mol. The summed E-state index contributed by atoms with van der Waals surface area (Å²) in [7, 11) is -4.18. The number of carbonyl (C=O) groups is 3. The molecule has 0 atom stereocenters. The van der Waals surface area contributed by atoms with Gasteiger partial charge in [-0.2, -0.15) is 0 Å². The second kappa shape index (κ2) is 13.0. The summed E-state index contributed by atoms with van der Waals surface area (Å²) in [4.78, 5) is 42.2. The summed E-state index contributed by atoms with van der Waals surface area (Å²) >= 11 is 12.4. The van der Waals surface area contributed by atoms with Crippen molar-refractivity contribution >= 4 is 79.5 Å². The van der Waals surface area contributed by atoms with E-state index in [2.05, 4.69) is 15.5 Å². The molecule has 0 aliphatic carbocycles. The summed E-state index contributed by atoms with van der Waals surface area (Å²) in [5.74, 6) is -0.803. The minimum atomic E-state index is -4.18. The Kier molecular flexibility index (Phi) is 9.38. The molecule has 0 bridgehead atoms. The van der Waals surface area contributed by atoms with E-state index in [4.69, 9.17) is 23.2 Å². The lowest BCUT2D eigenvalue weighted by Crippen LogP contribution is -2.42. The van der Waals surface area contributed by atoms with Gasteiger partial charge in [0.15, 0.2) is 0 Å². The number of carbonyl (C=O) groups excluding carboxylic acids is 3. The highest BCUT2D eigenvalue weighted by Gasteiger charge is 2.32. The first-order chi connectivity index (χ1) is 20.1. The summed E-state index contributed by atoms with van der Waals surface area (Å²) < 4.78 is 26.6. The molecule has 0 unspecified atom stereocenters. The molecule has 42 heavy (non-hydrogen) atoms. The average Bonchev–Trinajstić information content (AvgIpc) is 3.31. The number of hydrogen-bond acceptors (Lipinski definition) is 8. The minimum absolute atomic E-state index is 0.0677. The second-order valence-electron chi connectivity index (χ2n) is 10.1. The molecule has 1 saturated heterocycles. The van der Waals surface area contributed by atoms with Gasteiger partial charge >= 0.3 is 6.03 Å². The molecule has 0 saturated carbocycles. The van der Waals surface area contributed by atoms with Gasteiger partial charge in [0.25, 0.3) is 15.9 Å². The molecule has 2 aliphatic heterocycles. The monoisotopic (exact) mass is 649 g/mol. The summed E-state index contributed by atoms with van der Waals surface area (Å²) in [5, 5.41) is 5.89. The zero-order valence-corrected chi connectivity index (χ0v) is 25.6. The lowest BCUT2D eigenvalue weighted by Gasteiger charge is -2.27. The number of likely N-dealkylation sites (tertiary alicyclic amines) is 1. The van der Waals surface area contributed by atoms with E-state index < -0.39 is 22.0 Å². The highest BCUT2D eigenvalue weighted by molar-refractivity contribution is 7.92. The fourth-order valence-electron chi connectivity index (χ4n) is 5.00. The summed E-state index contributed by atoms with van der Waals surface area (Å²) in [6.45, 7) is 4.20. The number of hydrogen-bond donors (Lipinski definition) is 3. The van der Waals surface area contributed by atoms with Crippen molar-refractivity contribution in [2.24, 2.45) is 0 Å². The summed E-state index contributed by atoms with van der Waals surface area (Å²) in [6, 6.07) is 11.5. The van der Waals surface area contributed by atoms with Crippen molar-refractivity contribution < 1.29 is 22.8 Å². The third-order valence-electron chi connectivity index (χ3n) is 7.06. The van der Waals surface area contributed by atoms with Crippen molar-refractivity contribution in [1.82, 2.24) is 9.62 Å². The van der Waals surface area contributed by atoms with Gasteiger partial charge in [0.1, 0.15) is 8.55 Å². The van der Waals surface area contributed by atoms with Crippen LogP contribution in [0, 0.1) is 0 Å². The van der Waals surface area contributed by atoms with E-state index in [9.17, 15) is 22.8 Å². The lowest BCUT2D eigenvalue weighted by atomic mass is 9.97. The van der Waals surface area contributed by atoms with Gasteiger partial charge in [-0.25, -0.2) is 22.8 Å². The molecule has 4 amide bonds. The van der Waals surface area contributed by atoms with Crippen LogP contribution >= 0.6 is 34.5 Å². The zero-order chi connectivity index (χ0) is 29.9. The zero-order valence-electron chi connectivity index (χ0n) is 22.5. The molecular weight excluding hydrogens is 621 g/mol. The maximum absolute atomic E-state index is 13.3. The van der Waals surface area contributed by atoms with Crippen molar-refractivity contribution in [1.29, 1.82) is 0 Å². The Hall–Kier alpha value is -3.16. The molecule has 10 nitrogen and oxygen atoms in total. The first-order valence-corrected chi connectivity index (χ1v) is 16.5. The molecule has 1 fully saturated rings. The molecule has 222 valence electrons. The van der Waals surface area contributed by atoms with Crippen LogP contribution in [0.2, 0.25) is 9.36 Å². The topological polar surface area (TPSA) is 128 Å². The molecule has 14 heteroatoms. The maximum Gasteiger partial charge on any atom is 0.333 e. The Morgan fingerprint density at radius 3 is 2.36 bits per heavy atom. The molecule has 3 heterocycles. The Morgan fingerprint density at radius 1 is 0.952 bits per heavy atom. The van der Waals surface area contributed by atoms with E-state index in [1.165, 1.54) is 56.6 Å². The number of fused-ring (bicyclic) bond motifs is 1. The van der Waals surface area contributed by atoms with Crippen LogP contribution in [0.25, 0.3) is 0 Å². The van der Waals surface area contributed by atoms with Gasteiger partial charge in [0.2, 0.25) is 5.91 Å². The van der Waals surface area contributed by atoms with Crippen LogP contribution < -0.4 is 20.3 Å². The van der Waals surface area contributed by atoms with Crippen molar-refractivity contribution in [3.63, 3.8) is 0 Å². The van der Waals surface area contributed by atoms with Gasteiger partial charge in [0.05, 0.1) is 17.1 Å². The number of imide groups is 1. The smallest absolute Gasteiger partial charge is 0.333 e. The van der Waals surface area contributed by atoms with Gasteiger partial charge in [-0.3, -0.25) is 9.59 Å². The Balaban J connectivity index is 1.18. The second-order valence-corrected chi connectivity index (χ2v) is 14.0. The molecule has 0 spiro atoms. The fraction of sp³-hybridized carbons (Fsp3) is 0.321. The van der Waals surface area contributed by atoms with Crippen molar-refractivity contribution in [3.05, 3.63) is 69.0 Å². The third-order valence-corrected chi connectivity index (χ3v) is 10.7. The Morgan fingerprint density at radius 2 is 1.67 bits per heavy atom. The molecule has 1 aromatic heterocycles. The van der Waals surface area contributed by atoms with Gasteiger partial charge in [0, 0.05) is 23.5 Å². The predicted molar refractivity (Wildman–Crippen MR) is 165 cm³/mol. The number of halogens is 2. The first-order valence-electron chi connectivity index (χ1n) is 13.5. The van der Waals surface area contributed by atoms with Crippen LogP contribution in [0.15, 0.2) is 52.7 Å². The van der Waals surface area contributed by atoms with E-state index in [0.29, 0.717) is 16.8 Å². The van der Waals surface area contributed by atoms with Crippen LogP contribution in [0.1, 0.15) is 41.6 Å². The number of rotatable bonds is 9. The number of anilines is 3. The standard InChI is InChI=1S/C28H29Cl2N5O5S2/c29-23-17-25(41-26(23)30)42(39,40)33-28(38)32-19-5-8-21(9-6-19)35-24(36)16-18-15-20(7-10-22(18)27(35)37)31-11-4-14-34-12-2-1-3-13-34/h5-10,15,17,31H,1-4,11-14,16H2,(H2,32,33,38). The number of urea groups is 1. The Bertz CT molecular complexity index is 1590. The number of thiophene rings is 1. The molecule has 0 radical (unpaired) electrons. The van der Waals surface area contributed by atoms with Gasteiger partial charge in [-0.05, 0) is 93.0 Å². The van der Waals surface area contributed by atoms with Crippen molar-refractivity contribution in [3.8, 4) is 0 Å². The third kappa shape index (κ3) is 7.07. The summed E-state index contributed by atoms with van der Waals surface area (Å²) in [6.07, 6.45) is 4.94. The van der Waals surface area contributed by atoms with E-state index in [1.54, 1.807) is 6.07 Å². The molecular formula is C28H29Cl2N5O5S2. The van der Waals surface area contributed by atoms with Crippen LogP contribution in [0.3, 0.4) is 0 Å². The number of piperidine rings is 1. The lowest BCUT2D eigenvalue weighted by molar-refractivity contribution is -0.117. The Labute approximate surface area is 258 Å². The number of sulfonamides is 1. The van der Waals surface area contributed by atoms with Gasteiger partial charge in [-0.1, -0.05) is 29.6 Å². The van der Waals surface area contributed by atoms with E-state index in [-0.39, 0.29) is 31.6 Å². The SMILES string of the molecule is O=C(Nc1ccc(N2C(=O)Cc3cc(NCCCN4CCCCC4)ccc3C2=O)cc1)NS(=O)(=O)c1cc(Cl)c(Cl)s1. The molecule has 3 N–H and O–H groups in total. The van der Waals surface area contributed by atoms with E-state index in [1.807, 2.05) is 16.9 Å². The molecule has 2 aromatic carbocycles. The molecule has 2 aliphatic rings. The summed E-state index contributed by atoms with van der Waals surface area (Å²) in [5.41, 5.74) is 2.59. The van der Waals surface area contributed by atoms with Crippen LogP contribution in [0.4, 0.5) is 21.9 Å². The minimum Gasteiger partial charge on any atom is -0.385 e. The predicted octanol–water partition coefficient (Wildman–Crippen LogP) is 5.58. The highest BCUT2D eigenvalue weighted by Crippen LogP contribution is 2.34. The first kappa shape index (κ1) is 30.3. The number of nitrogens with zero attached hydrogens (tertiary/aromatic N) is 2. The van der Waals surface area contributed by atoms with Gasteiger partial charge < -0.3 is 15.5 Å². The largest absolute Gasteiger partial charge is 0.385 e. The van der Waals surface area contributed by atoms with E-state index >= 15 is 0 Å².